The fraction of sp³-hybridized carbons (Fsp3) is 0.304. The molecule has 0 unspecified atom stereocenters. The van der Waals surface area contributed by atoms with Crippen LogP contribution >= 0.6 is 0 Å². The second kappa shape index (κ2) is 8.31. The molecule has 0 spiro atoms. The van der Waals surface area contributed by atoms with Crippen molar-refractivity contribution in [2.75, 3.05) is 29.9 Å². The normalized spacial score (nSPS) is 17.3. The Kier molecular flexibility index (Phi) is 5.21. The molecule has 2 aliphatic heterocycles. The van der Waals surface area contributed by atoms with Crippen LogP contribution in [-0.2, 0) is 16.1 Å². The minimum Gasteiger partial charge on any atom is -0.338 e. The van der Waals surface area contributed by atoms with Crippen LogP contribution in [0.1, 0.15) is 18.7 Å². The standard InChI is InChI=1S/C23H23N5O3/c29-20-14-28(19-9-5-4-8-18(19)24-20)23(30)17-10-12-27(13-11-17)15-21-25-22(26-31-21)16-6-2-1-3-7-16/h1-9,17H,10-15H2,(H,24,29). The zero-order valence-electron chi connectivity index (χ0n) is 17.0. The van der Waals surface area contributed by atoms with Gasteiger partial charge in [-0.15, -0.1) is 0 Å². The van der Waals surface area contributed by atoms with Crippen molar-refractivity contribution in [3.63, 3.8) is 0 Å². The summed E-state index contributed by atoms with van der Waals surface area (Å²) in [7, 11) is 0. The van der Waals surface area contributed by atoms with Crippen molar-refractivity contribution in [2.45, 2.75) is 19.4 Å². The Hall–Kier alpha value is -3.52. The third kappa shape index (κ3) is 4.06. The van der Waals surface area contributed by atoms with Crippen molar-refractivity contribution in [3.8, 4) is 11.4 Å². The predicted octanol–water partition coefficient (Wildman–Crippen LogP) is 2.93. The van der Waals surface area contributed by atoms with Gasteiger partial charge in [-0.2, -0.15) is 4.98 Å². The van der Waals surface area contributed by atoms with Gasteiger partial charge in [0.1, 0.15) is 6.54 Å². The number of carbonyl (C=O) groups excluding carboxylic acids is 2. The smallest absolute Gasteiger partial charge is 0.244 e. The van der Waals surface area contributed by atoms with Crippen LogP contribution in [-0.4, -0.2) is 46.5 Å². The van der Waals surface area contributed by atoms with E-state index < -0.39 is 0 Å². The maximum absolute atomic E-state index is 13.2. The fourth-order valence-electron chi connectivity index (χ4n) is 4.20. The lowest BCUT2D eigenvalue weighted by atomic mass is 9.94. The van der Waals surface area contributed by atoms with Gasteiger partial charge >= 0.3 is 0 Å². The minimum atomic E-state index is -0.157. The molecule has 0 bridgehead atoms. The first-order valence-electron chi connectivity index (χ1n) is 10.5. The van der Waals surface area contributed by atoms with E-state index in [2.05, 4.69) is 20.4 Å². The maximum Gasteiger partial charge on any atom is 0.244 e. The van der Waals surface area contributed by atoms with Crippen molar-refractivity contribution in [1.82, 2.24) is 15.0 Å². The minimum absolute atomic E-state index is 0.0195. The molecular formula is C23H23N5O3. The first-order chi connectivity index (χ1) is 15.2. The number of rotatable bonds is 4. The van der Waals surface area contributed by atoms with Gasteiger partial charge in [0.25, 0.3) is 0 Å². The molecule has 2 amide bonds. The summed E-state index contributed by atoms with van der Waals surface area (Å²) in [4.78, 5) is 33.6. The summed E-state index contributed by atoms with van der Waals surface area (Å²) in [6.45, 7) is 2.16. The molecule has 1 fully saturated rings. The van der Waals surface area contributed by atoms with Gasteiger partial charge < -0.3 is 14.7 Å². The van der Waals surface area contributed by atoms with E-state index in [4.69, 9.17) is 4.52 Å². The van der Waals surface area contributed by atoms with Gasteiger partial charge in [0.2, 0.25) is 23.5 Å². The average molecular weight is 417 g/mol. The molecule has 158 valence electrons. The molecule has 1 aromatic heterocycles. The fourth-order valence-corrected chi connectivity index (χ4v) is 4.20. The van der Waals surface area contributed by atoms with Crippen LogP contribution in [0.4, 0.5) is 11.4 Å². The maximum atomic E-state index is 13.2. The van der Waals surface area contributed by atoms with Crippen LogP contribution in [0, 0.1) is 5.92 Å². The Morgan fingerprint density at radius 1 is 1.06 bits per heavy atom. The van der Waals surface area contributed by atoms with Gasteiger partial charge in [-0.3, -0.25) is 14.5 Å². The quantitative estimate of drug-likeness (QED) is 0.702. The number of hydrogen-bond acceptors (Lipinski definition) is 6. The first kappa shape index (κ1) is 19.4. The van der Waals surface area contributed by atoms with Crippen molar-refractivity contribution < 1.29 is 14.1 Å². The summed E-state index contributed by atoms with van der Waals surface area (Å²) in [6, 6.07) is 17.2. The molecule has 0 radical (unpaired) electrons. The number of anilines is 2. The summed E-state index contributed by atoms with van der Waals surface area (Å²) in [5, 5.41) is 6.90. The van der Waals surface area contributed by atoms with Gasteiger partial charge in [0.15, 0.2) is 0 Å². The summed E-state index contributed by atoms with van der Waals surface area (Å²) in [6.07, 6.45) is 1.47. The van der Waals surface area contributed by atoms with E-state index in [1.165, 1.54) is 0 Å². The molecule has 1 N–H and O–H groups in total. The second-order valence-electron chi connectivity index (χ2n) is 7.92. The van der Waals surface area contributed by atoms with Crippen molar-refractivity contribution >= 4 is 23.2 Å². The van der Waals surface area contributed by atoms with Crippen LogP contribution in [0.15, 0.2) is 59.1 Å². The van der Waals surface area contributed by atoms with E-state index in [9.17, 15) is 9.59 Å². The Morgan fingerprint density at radius 2 is 1.81 bits per heavy atom. The van der Waals surface area contributed by atoms with E-state index >= 15 is 0 Å². The first-order valence-corrected chi connectivity index (χ1v) is 10.5. The van der Waals surface area contributed by atoms with Crippen molar-refractivity contribution in [3.05, 3.63) is 60.5 Å². The molecule has 0 saturated carbocycles. The van der Waals surface area contributed by atoms with E-state index in [1.807, 2.05) is 54.6 Å². The van der Waals surface area contributed by atoms with Gasteiger partial charge in [-0.25, -0.2) is 0 Å². The Morgan fingerprint density at radius 3 is 2.61 bits per heavy atom. The Balaban J connectivity index is 1.20. The zero-order valence-corrected chi connectivity index (χ0v) is 17.0. The molecule has 0 atom stereocenters. The van der Waals surface area contributed by atoms with Crippen LogP contribution in [0.2, 0.25) is 0 Å². The van der Waals surface area contributed by atoms with Crippen molar-refractivity contribution in [1.29, 1.82) is 0 Å². The Labute approximate surface area is 179 Å². The number of piperidine rings is 1. The highest BCUT2D eigenvalue weighted by Crippen LogP contribution is 2.32. The highest BCUT2D eigenvalue weighted by Gasteiger charge is 2.33. The molecule has 31 heavy (non-hydrogen) atoms. The lowest BCUT2D eigenvalue weighted by Gasteiger charge is -2.35. The number of amides is 2. The number of nitrogens with zero attached hydrogens (tertiary/aromatic N) is 4. The lowest BCUT2D eigenvalue weighted by molar-refractivity contribution is -0.126. The number of hydrogen-bond donors (Lipinski definition) is 1. The van der Waals surface area contributed by atoms with E-state index in [0.29, 0.717) is 23.9 Å². The van der Waals surface area contributed by atoms with Crippen LogP contribution in [0.25, 0.3) is 11.4 Å². The largest absolute Gasteiger partial charge is 0.338 e. The highest BCUT2D eigenvalue weighted by atomic mass is 16.5. The SMILES string of the molecule is O=C1CN(C(=O)C2CCN(Cc3nc(-c4ccccc4)no3)CC2)c2ccccc2N1. The molecule has 8 nitrogen and oxygen atoms in total. The van der Waals surface area contributed by atoms with Crippen LogP contribution in [0.3, 0.4) is 0 Å². The number of benzene rings is 2. The molecule has 2 aliphatic rings. The number of para-hydroxylation sites is 2. The molecule has 0 aliphatic carbocycles. The van der Waals surface area contributed by atoms with E-state index in [0.717, 1.165) is 37.2 Å². The molecule has 3 aromatic rings. The van der Waals surface area contributed by atoms with E-state index in [1.54, 1.807) is 4.90 Å². The topological polar surface area (TPSA) is 91.6 Å². The van der Waals surface area contributed by atoms with Gasteiger partial charge in [-0.1, -0.05) is 47.6 Å². The highest BCUT2D eigenvalue weighted by molar-refractivity contribution is 6.10. The Bertz CT molecular complexity index is 1090. The number of fused-ring (bicyclic) bond motifs is 1. The molecule has 3 heterocycles. The number of carbonyl (C=O) groups is 2. The number of aromatic nitrogens is 2. The summed E-state index contributed by atoms with van der Waals surface area (Å²) in [5.74, 6) is 0.923. The summed E-state index contributed by atoms with van der Waals surface area (Å²) >= 11 is 0. The number of likely N-dealkylation sites (tertiary alicyclic amines) is 1. The van der Waals surface area contributed by atoms with Crippen molar-refractivity contribution in [2.24, 2.45) is 5.92 Å². The summed E-state index contributed by atoms with van der Waals surface area (Å²) < 4.78 is 5.42. The van der Waals surface area contributed by atoms with E-state index in [-0.39, 0.29) is 24.3 Å². The molecular weight excluding hydrogens is 394 g/mol. The molecule has 8 heteroatoms. The predicted molar refractivity (Wildman–Crippen MR) is 115 cm³/mol. The van der Waals surface area contributed by atoms with Gasteiger partial charge in [-0.05, 0) is 38.1 Å². The van der Waals surface area contributed by atoms with Gasteiger partial charge in [0, 0.05) is 11.5 Å². The van der Waals surface area contributed by atoms with Crippen LogP contribution < -0.4 is 10.2 Å². The molecule has 1 saturated heterocycles. The zero-order chi connectivity index (χ0) is 21.2. The third-order valence-electron chi connectivity index (χ3n) is 5.83. The average Bonchev–Trinajstić information content (AvgIpc) is 3.27. The lowest BCUT2D eigenvalue weighted by Crippen LogP contribution is -2.47. The molecule has 5 rings (SSSR count). The van der Waals surface area contributed by atoms with Crippen LogP contribution in [0.5, 0.6) is 0 Å². The second-order valence-corrected chi connectivity index (χ2v) is 7.92. The summed E-state index contributed by atoms with van der Waals surface area (Å²) in [5.41, 5.74) is 2.39. The molecule has 2 aromatic carbocycles. The van der Waals surface area contributed by atoms with Gasteiger partial charge in [0.05, 0.1) is 17.9 Å². The number of nitrogens with one attached hydrogen (secondary N) is 1. The monoisotopic (exact) mass is 417 g/mol. The third-order valence-corrected chi connectivity index (χ3v) is 5.83.